The molecule has 0 heterocycles. The molecule has 1 aliphatic carbocycles. The molecule has 1 saturated carbocycles. The number of ether oxygens (including phenoxy) is 2. The Morgan fingerprint density at radius 3 is 1.83 bits per heavy atom. The second-order valence-corrected chi connectivity index (χ2v) is 13.5. The first-order valence-electron chi connectivity index (χ1n) is 19.0. The van der Waals surface area contributed by atoms with Crippen molar-refractivity contribution in [1.82, 2.24) is 0 Å². The van der Waals surface area contributed by atoms with Gasteiger partial charge < -0.3 is 24.8 Å². The maximum absolute atomic E-state index is 12.4. The summed E-state index contributed by atoms with van der Waals surface area (Å²) in [6.45, 7) is 3.96. The van der Waals surface area contributed by atoms with Gasteiger partial charge >= 0.3 is 11.9 Å². The summed E-state index contributed by atoms with van der Waals surface area (Å²) >= 11 is 0. The third kappa shape index (κ3) is 23.0. The smallest absolute Gasteiger partial charge is 0.305 e. The molecule has 0 bridgehead atoms. The van der Waals surface area contributed by atoms with Crippen LogP contribution in [-0.4, -0.2) is 64.6 Å². The number of hydrogen-bond acceptors (Lipinski definition) is 8. The fourth-order valence-electron chi connectivity index (χ4n) is 6.07. The molecule has 0 amide bonds. The number of hydrogen-bond donors (Lipinski definition) is 3. The van der Waals surface area contributed by atoms with Gasteiger partial charge in [-0.3, -0.25) is 14.4 Å². The minimum absolute atomic E-state index is 0.00224. The van der Waals surface area contributed by atoms with Gasteiger partial charge in [-0.2, -0.15) is 0 Å². The molecule has 8 nitrogen and oxygen atoms in total. The van der Waals surface area contributed by atoms with Gasteiger partial charge in [0.25, 0.3) is 0 Å². The molecule has 0 spiro atoms. The van der Waals surface area contributed by atoms with Crippen molar-refractivity contribution in [2.75, 3.05) is 13.2 Å². The number of rotatable bonds is 30. The van der Waals surface area contributed by atoms with E-state index >= 15 is 0 Å². The topological polar surface area (TPSA) is 130 Å². The van der Waals surface area contributed by atoms with Gasteiger partial charge in [-0.05, 0) is 32.1 Å². The van der Waals surface area contributed by atoms with Crippen LogP contribution in [0.5, 0.6) is 0 Å². The highest BCUT2D eigenvalue weighted by atomic mass is 16.6. The molecule has 0 aromatic heterocycles. The van der Waals surface area contributed by atoms with Crippen LogP contribution in [0.2, 0.25) is 0 Å². The van der Waals surface area contributed by atoms with Crippen LogP contribution < -0.4 is 0 Å². The quantitative estimate of drug-likeness (QED) is 0.0399. The lowest BCUT2D eigenvalue weighted by Crippen LogP contribution is -2.25. The number of carbonyl (C=O) groups is 3. The zero-order chi connectivity index (χ0) is 34.5. The lowest BCUT2D eigenvalue weighted by Gasteiger charge is -2.17. The van der Waals surface area contributed by atoms with Crippen molar-refractivity contribution < 1.29 is 39.2 Å². The second kappa shape index (κ2) is 28.9. The largest absolute Gasteiger partial charge is 0.463 e. The van der Waals surface area contributed by atoms with Crippen molar-refractivity contribution in [3.63, 3.8) is 0 Å². The number of allylic oxidation sites excluding steroid dienone is 3. The van der Waals surface area contributed by atoms with Gasteiger partial charge in [0.05, 0.1) is 12.2 Å². The molecule has 272 valence electrons. The fourth-order valence-corrected chi connectivity index (χ4v) is 6.07. The predicted molar refractivity (Wildman–Crippen MR) is 188 cm³/mol. The van der Waals surface area contributed by atoms with E-state index in [0.717, 1.165) is 38.5 Å². The highest BCUT2D eigenvalue weighted by molar-refractivity contribution is 5.86. The average Bonchev–Trinajstić information content (AvgIpc) is 3.32. The van der Waals surface area contributed by atoms with Crippen molar-refractivity contribution in [1.29, 1.82) is 0 Å². The zero-order valence-electron chi connectivity index (χ0n) is 29.8. The maximum atomic E-state index is 12.4. The van der Waals surface area contributed by atoms with Gasteiger partial charge in [-0.1, -0.05) is 134 Å². The summed E-state index contributed by atoms with van der Waals surface area (Å²) in [6, 6.07) is 0. The zero-order valence-corrected chi connectivity index (χ0v) is 29.8. The lowest BCUT2D eigenvalue weighted by atomic mass is 9.90. The molecular weight excluding hydrogens is 596 g/mol. The van der Waals surface area contributed by atoms with E-state index in [1.807, 2.05) is 12.2 Å². The van der Waals surface area contributed by atoms with Crippen molar-refractivity contribution in [2.24, 2.45) is 11.8 Å². The van der Waals surface area contributed by atoms with Crippen LogP contribution in [0.4, 0.5) is 0 Å². The monoisotopic (exact) mass is 664 g/mol. The normalized spacial score (nSPS) is 19.5. The molecule has 3 N–H and O–H groups in total. The Balaban J connectivity index is 2.07. The summed E-state index contributed by atoms with van der Waals surface area (Å²) in [7, 11) is 0. The number of aliphatic hydroxyl groups excluding tert-OH is 3. The summed E-state index contributed by atoms with van der Waals surface area (Å²) in [5, 5.41) is 30.6. The molecule has 0 aromatic carbocycles. The minimum atomic E-state index is -1.05. The number of carbonyl (C=O) groups excluding carboxylic acids is 3. The highest BCUT2D eigenvalue weighted by Gasteiger charge is 2.39. The van der Waals surface area contributed by atoms with E-state index in [2.05, 4.69) is 13.8 Å². The van der Waals surface area contributed by atoms with E-state index in [9.17, 15) is 29.7 Å². The van der Waals surface area contributed by atoms with Gasteiger partial charge in [0.1, 0.15) is 25.1 Å². The van der Waals surface area contributed by atoms with Crippen LogP contribution in [-0.2, 0) is 23.9 Å². The van der Waals surface area contributed by atoms with Crippen LogP contribution in [0.15, 0.2) is 24.3 Å². The molecule has 1 aliphatic rings. The standard InChI is InChI=1S/C39H68O8/c1-3-5-7-8-9-10-11-12-13-14-15-16-21-25-38(44)46-30-33(41)31-47-39(45)26-22-18-17-20-24-34-35(37(43)29-36(34)42)28-27-32(40)23-19-6-4-2/h17,20,27-28,32-36,40-42H,3-16,18-19,21-26,29-31H2,1-2H3/b20-17-,28-27+/t32-,33+,34+,35+,36-/m0/s1. The first kappa shape index (κ1) is 43.0. The van der Waals surface area contributed by atoms with Crippen molar-refractivity contribution in [2.45, 2.75) is 180 Å². The Labute approximate surface area is 285 Å². The van der Waals surface area contributed by atoms with Gasteiger partial charge in [-0.15, -0.1) is 0 Å². The first-order valence-corrected chi connectivity index (χ1v) is 19.0. The summed E-state index contributed by atoms with van der Waals surface area (Å²) in [5.74, 6) is -1.36. The average molecular weight is 665 g/mol. The first-order chi connectivity index (χ1) is 22.8. The number of Topliss-reactive ketones (excluding diaryl/α,β-unsaturated/α-hetero) is 1. The van der Waals surface area contributed by atoms with Crippen LogP contribution in [0.3, 0.4) is 0 Å². The van der Waals surface area contributed by atoms with E-state index in [-0.39, 0.29) is 43.7 Å². The lowest BCUT2D eigenvalue weighted by molar-refractivity contribution is -0.152. The molecule has 0 saturated heterocycles. The Morgan fingerprint density at radius 1 is 0.745 bits per heavy atom. The Bertz CT molecular complexity index is 869. The minimum Gasteiger partial charge on any atom is -0.463 e. The van der Waals surface area contributed by atoms with Crippen LogP contribution in [0, 0.1) is 11.8 Å². The van der Waals surface area contributed by atoms with E-state index in [4.69, 9.17) is 9.47 Å². The molecular formula is C39H68O8. The van der Waals surface area contributed by atoms with Crippen molar-refractivity contribution >= 4 is 17.7 Å². The predicted octanol–water partition coefficient (Wildman–Crippen LogP) is 8.10. The molecule has 5 atom stereocenters. The highest BCUT2D eigenvalue weighted by Crippen LogP contribution is 2.33. The number of ketones is 1. The molecule has 1 fully saturated rings. The summed E-state index contributed by atoms with van der Waals surface area (Å²) in [5.41, 5.74) is 0. The van der Waals surface area contributed by atoms with Gasteiger partial charge in [-0.25, -0.2) is 0 Å². The molecule has 8 heteroatoms. The van der Waals surface area contributed by atoms with Crippen LogP contribution in [0.1, 0.15) is 162 Å². The maximum Gasteiger partial charge on any atom is 0.305 e. The van der Waals surface area contributed by atoms with Gasteiger partial charge in [0, 0.05) is 31.1 Å². The van der Waals surface area contributed by atoms with E-state index < -0.39 is 30.2 Å². The van der Waals surface area contributed by atoms with E-state index in [0.29, 0.717) is 32.1 Å². The van der Waals surface area contributed by atoms with Crippen LogP contribution >= 0.6 is 0 Å². The summed E-state index contributed by atoms with van der Waals surface area (Å²) in [4.78, 5) is 36.4. The third-order valence-corrected chi connectivity index (χ3v) is 9.07. The fraction of sp³-hybridized carbons (Fsp3) is 0.821. The molecule has 0 unspecified atom stereocenters. The molecule has 0 aromatic rings. The van der Waals surface area contributed by atoms with E-state index in [1.54, 1.807) is 12.2 Å². The molecule has 1 rings (SSSR count). The third-order valence-electron chi connectivity index (χ3n) is 9.07. The Hall–Kier alpha value is -2.03. The van der Waals surface area contributed by atoms with E-state index in [1.165, 1.54) is 64.2 Å². The Kier molecular flexibility index (Phi) is 26.5. The SMILES string of the molecule is CCCCCCCCCCCCCCCC(=O)OC[C@@H](O)COC(=O)CCC/C=C\C[C@H]1[C@@H](O)CC(=O)[C@@H]1/C=C/[C@@H](O)CCCCC. The Morgan fingerprint density at radius 2 is 1.26 bits per heavy atom. The number of aliphatic hydroxyl groups is 3. The molecule has 0 aliphatic heterocycles. The number of esters is 2. The number of unbranched alkanes of at least 4 members (excludes halogenated alkanes) is 15. The van der Waals surface area contributed by atoms with Gasteiger partial charge in [0.2, 0.25) is 0 Å². The summed E-state index contributed by atoms with van der Waals surface area (Å²) < 4.78 is 10.3. The second-order valence-electron chi connectivity index (χ2n) is 13.5. The summed E-state index contributed by atoms with van der Waals surface area (Å²) in [6.07, 6.45) is 27.4. The molecule has 47 heavy (non-hydrogen) atoms. The van der Waals surface area contributed by atoms with Crippen molar-refractivity contribution in [3.05, 3.63) is 24.3 Å². The van der Waals surface area contributed by atoms with Crippen LogP contribution in [0.25, 0.3) is 0 Å². The molecule has 0 radical (unpaired) electrons. The van der Waals surface area contributed by atoms with Crippen molar-refractivity contribution in [3.8, 4) is 0 Å². The van der Waals surface area contributed by atoms with Gasteiger partial charge in [0.15, 0.2) is 0 Å².